The first-order chi connectivity index (χ1) is 9.88. The number of rotatable bonds is 7. The van der Waals surface area contributed by atoms with E-state index in [0.717, 1.165) is 11.3 Å². The van der Waals surface area contributed by atoms with E-state index < -0.39 is 11.2 Å². The van der Waals surface area contributed by atoms with Gasteiger partial charge in [-0.15, -0.1) is 11.8 Å². The zero-order valence-corrected chi connectivity index (χ0v) is 12.8. The van der Waals surface area contributed by atoms with Crippen LogP contribution in [0, 0.1) is 6.92 Å². The smallest absolute Gasteiger partial charge is 0.236 e. The third-order valence-corrected chi connectivity index (χ3v) is 3.75. The molecule has 4 N–H and O–H groups in total. The zero-order chi connectivity index (χ0) is 15.8. The van der Waals surface area contributed by atoms with Crippen molar-refractivity contribution in [3.05, 3.63) is 29.8 Å². The molecule has 1 aromatic rings. The van der Waals surface area contributed by atoms with Crippen LogP contribution in [-0.2, 0) is 14.4 Å². The maximum Gasteiger partial charge on any atom is 0.236 e. The van der Waals surface area contributed by atoms with E-state index in [4.69, 9.17) is 5.73 Å². The van der Waals surface area contributed by atoms with Gasteiger partial charge < -0.3 is 16.4 Å². The van der Waals surface area contributed by atoms with Crippen LogP contribution in [0.5, 0.6) is 0 Å². The topological polar surface area (TPSA) is 101 Å². The molecule has 0 saturated carbocycles. The van der Waals surface area contributed by atoms with Crippen LogP contribution in [0.15, 0.2) is 24.3 Å². The second-order valence-electron chi connectivity index (χ2n) is 4.55. The largest absolute Gasteiger partial charge is 0.368 e. The normalized spacial score (nSPS) is 11.5. The quantitative estimate of drug-likeness (QED) is 0.688. The number of aryl methyl sites for hydroxylation is 1. The number of thioether (sulfide) groups is 1. The van der Waals surface area contributed by atoms with Gasteiger partial charge in [0.15, 0.2) is 0 Å². The molecule has 0 aromatic heterocycles. The summed E-state index contributed by atoms with van der Waals surface area (Å²) in [4.78, 5) is 33.9. The van der Waals surface area contributed by atoms with Crippen LogP contribution in [0.4, 0.5) is 5.69 Å². The van der Waals surface area contributed by atoms with Crippen molar-refractivity contribution in [3.63, 3.8) is 0 Å². The van der Waals surface area contributed by atoms with Crippen molar-refractivity contribution in [2.45, 2.75) is 19.1 Å². The number of nitrogens with one attached hydrogen (secondary N) is 2. The standard InChI is InChI=1S/C14H19N3O3S/c1-9-3-5-11(6-4-9)17-13(19)8-21-10(2)14(20)16-7-12(15)18/h3-6,10H,7-8H2,1-2H3,(H2,15,18)(H,16,20)(H,17,19)/t10-/m0/s1. The Morgan fingerprint density at radius 2 is 1.86 bits per heavy atom. The summed E-state index contributed by atoms with van der Waals surface area (Å²) in [5.41, 5.74) is 6.77. The third kappa shape index (κ3) is 6.80. The molecule has 114 valence electrons. The van der Waals surface area contributed by atoms with Crippen molar-refractivity contribution in [1.29, 1.82) is 0 Å². The number of carbonyl (C=O) groups is 3. The number of primary amides is 1. The molecule has 0 bridgehead atoms. The first-order valence-corrected chi connectivity index (χ1v) is 7.47. The van der Waals surface area contributed by atoms with E-state index in [1.807, 2.05) is 31.2 Å². The minimum Gasteiger partial charge on any atom is -0.368 e. The summed E-state index contributed by atoms with van der Waals surface area (Å²) in [5.74, 6) is -0.947. The molecule has 0 aliphatic carbocycles. The molecule has 0 heterocycles. The fraction of sp³-hybridized carbons (Fsp3) is 0.357. The van der Waals surface area contributed by atoms with E-state index in [-0.39, 0.29) is 24.1 Å². The van der Waals surface area contributed by atoms with Gasteiger partial charge in [-0.25, -0.2) is 0 Å². The van der Waals surface area contributed by atoms with Gasteiger partial charge in [0.2, 0.25) is 17.7 Å². The Labute approximate surface area is 127 Å². The number of hydrogen-bond acceptors (Lipinski definition) is 4. The van der Waals surface area contributed by atoms with Gasteiger partial charge in [0, 0.05) is 5.69 Å². The molecule has 0 radical (unpaired) electrons. The minimum atomic E-state index is -0.599. The van der Waals surface area contributed by atoms with Crippen molar-refractivity contribution >= 4 is 35.2 Å². The monoisotopic (exact) mass is 309 g/mol. The fourth-order valence-corrected chi connectivity index (χ4v) is 2.14. The van der Waals surface area contributed by atoms with Crippen molar-refractivity contribution in [2.24, 2.45) is 5.73 Å². The highest BCUT2D eigenvalue weighted by molar-refractivity contribution is 8.01. The Hall–Kier alpha value is -2.02. The van der Waals surface area contributed by atoms with Crippen molar-refractivity contribution in [3.8, 4) is 0 Å². The number of nitrogens with two attached hydrogens (primary N) is 1. The van der Waals surface area contributed by atoms with E-state index in [1.165, 1.54) is 11.8 Å². The molecule has 0 unspecified atom stereocenters. The average Bonchev–Trinajstić information content (AvgIpc) is 2.44. The molecule has 1 atom stereocenters. The van der Waals surface area contributed by atoms with Gasteiger partial charge in [0.1, 0.15) is 0 Å². The minimum absolute atomic E-state index is 0.152. The van der Waals surface area contributed by atoms with Gasteiger partial charge in [-0.05, 0) is 26.0 Å². The fourth-order valence-electron chi connectivity index (χ4n) is 1.43. The molecule has 0 saturated heterocycles. The van der Waals surface area contributed by atoms with E-state index >= 15 is 0 Å². The highest BCUT2D eigenvalue weighted by Gasteiger charge is 2.15. The van der Waals surface area contributed by atoms with Gasteiger partial charge in [-0.1, -0.05) is 17.7 Å². The van der Waals surface area contributed by atoms with Crippen molar-refractivity contribution in [1.82, 2.24) is 5.32 Å². The van der Waals surface area contributed by atoms with E-state index in [9.17, 15) is 14.4 Å². The van der Waals surface area contributed by atoms with E-state index in [1.54, 1.807) is 6.92 Å². The number of anilines is 1. The van der Waals surface area contributed by atoms with Crippen molar-refractivity contribution in [2.75, 3.05) is 17.6 Å². The van der Waals surface area contributed by atoms with Gasteiger partial charge in [0.05, 0.1) is 17.5 Å². The zero-order valence-electron chi connectivity index (χ0n) is 12.0. The SMILES string of the molecule is Cc1ccc(NC(=O)CS[C@@H](C)C(=O)NCC(N)=O)cc1. The molecule has 1 aromatic carbocycles. The second kappa shape index (κ2) is 8.31. The summed E-state index contributed by atoms with van der Waals surface area (Å²) in [6.07, 6.45) is 0. The summed E-state index contributed by atoms with van der Waals surface area (Å²) in [5, 5.41) is 4.71. The molecule has 0 fully saturated rings. The van der Waals surface area contributed by atoms with Gasteiger partial charge >= 0.3 is 0 Å². The summed E-state index contributed by atoms with van der Waals surface area (Å²) >= 11 is 1.19. The Morgan fingerprint density at radius 3 is 2.43 bits per heavy atom. The summed E-state index contributed by atoms with van der Waals surface area (Å²) in [6.45, 7) is 3.44. The predicted molar refractivity (Wildman–Crippen MR) is 83.9 cm³/mol. The second-order valence-corrected chi connectivity index (χ2v) is 5.88. The van der Waals surface area contributed by atoms with E-state index in [2.05, 4.69) is 10.6 Å². The average molecular weight is 309 g/mol. The Balaban J connectivity index is 2.33. The molecular formula is C14H19N3O3S. The molecule has 0 aliphatic heterocycles. The van der Waals surface area contributed by atoms with Crippen LogP contribution in [0.1, 0.15) is 12.5 Å². The molecule has 1 rings (SSSR count). The lowest BCUT2D eigenvalue weighted by Gasteiger charge is -2.11. The molecule has 3 amide bonds. The van der Waals surface area contributed by atoms with Crippen LogP contribution in [-0.4, -0.2) is 35.3 Å². The van der Waals surface area contributed by atoms with Crippen LogP contribution >= 0.6 is 11.8 Å². The van der Waals surface area contributed by atoms with Crippen molar-refractivity contribution < 1.29 is 14.4 Å². The van der Waals surface area contributed by atoms with Gasteiger partial charge in [-0.2, -0.15) is 0 Å². The van der Waals surface area contributed by atoms with Crippen LogP contribution < -0.4 is 16.4 Å². The van der Waals surface area contributed by atoms with Gasteiger partial charge in [0.25, 0.3) is 0 Å². The summed E-state index contributed by atoms with van der Waals surface area (Å²) < 4.78 is 0. The van der Waals surface area contributed by atoms with Crippen LogP contribution in [0.2, 0.25) is 0 Å². The van der Waals surface area contributed by atoms with Crippen LogP contribution in [0.25, 0.3) is 0 Å². The van der Waals surface area contributed by atoms with Crippen LogP contribution in [0.3, 0.4) is 0 Å². The first kappa shape index (κ1) is 17.0. The highest BCUT2D eigenvalue weighted by atomic mass is 32.2. The lowest BCUT2D eigenvalue weighted by molar-refractivity contribution is -0.124. The lowest BCUT2D eigenvalue weighted by Crippen LogP contribution is -2.37. The van der Waals surface area contributed by atoms with Gasteiger partial charge in [-0.3, -0.25) is 14.4 Å². The molecule has 7 heteroatoms. The maximum atomic E-state index is 11.8. The lowest BCUT2D eigenvalue weighted by atomic mass is 10.2. The number of hydrogen-bond donors (Lipinski definition) is 3. The number of carbonyl (C=O) groups excluding carboxylic acids is 3. The highest BCUT2D eigenvalue weighted by Crippen LogP contribution is 2.13. The number of amides is 3. The Kier molecular flexibility index (Phi) is 6.74. The number of benzene rings is 1. The first-order valence-electron chi connectivity index (χ1n) is 6.42. The van der Waals surface area contributed by atoms with E-state index in [0.29, 0.717) is 0 Å². The molecule has 0 aliphatic rings. The predicted octanol–water partition coefficient (Wildman–Crippen LogP) is 0.657. The summed E-state index contributed by atoms with van der Waals surface area (Å²) in [6, 6.07) is 7.45. The molecule has 0 spiro atoms. The molecular weight excluding hydrogens is 290 g/mol. The molecule has 21 heavy (non-hydrogen) atoms. The maximum absolute atomic E-state index is 11.8. The summed E-state index contributed by atoms with van der Waals surface area (Å²) in [7, 11) is 0. The third-order valence-electron chi connectivity index (χ3n) is 2.61. The Morgan fingerprint density at radius 1 is 1.24 bits per heavy atom. The Bertz CT molecular complexity index is 517. The molecule has 6 nitrogen and oxygen atoms in total.